The van der Waals surface area contributed by atoms with Crippen molar-refractivity contribution < 1.29 is 31.6 Å². The van der Waals surface area contributed by atoms with Gasteiger partial charge in [-0.15, -0.1) is 6.58 Å². The second-order valence-corrected chi connectivity index (χ2v) is 6.31. The fourth-order valence-corrected chi connectivity index (χ4v) is 3.03. The van der Waals surface area contributed by atoms with Gasteiger partial charge in [0, 0.05) is 5.56 Å². The highest BCUT2D eigenvalue weighted by molar-refractivity contribution is 6.04. The van der Waals surface area contributed by atoms with E-state index in [9.17, 15) is 26.7 Å². The summed E-state index contributed by atoms with van der Waals surface area (Å²) >= 11 is 0. The van der Waals surface area contributed by atoms with Gasteiger partial charge < -0.3 is 4.84 Å². The molecule has 3 rings (SSSR count). The fraction of sp³-hybridized carbons (Fsp3) is 0.0909. The summed E-state index contributed by atoms with van der Waals surface area (Å²) < 4.78 is 67.2. The molecule has 0 saturated heterocycles. The molecule has 154 valence electrons. The van der Waals surface area contributed by atoms with Gasteiger partial charge in [-0.3, -0.25) is 0 Å². The summed E-state index contributed by atoms with van der Waals surface area (Å²) in [5.74, 6) is -13.3. The van der Waals surface area contributed by atoms with Gasteiger partial charge in [0.05, 0.1) is 5.71 Å². The Morgan fingerprint density at radius 1 is 0.967 bits per heavy atom. The van der Waals surface area contributed by atoms with E-state index in [1.165, 1.54) is 6.92 Å². The van der Waals surface area contributed by atoms with Crippen LogP contribution in [0.15, 0.2) is 54.2 Å². The largest absolute Gasteiger partial charge is 0.371 e. The molecule has 0 fully saturated rings. The fourth-order valence-electron chi connectivity index (χ4n) is 3.03. The second-order valence-electron chi connectivity index (χ2n) is 6.31. The van der Waals surface area contributed by atoms with Gasteiger partial charge in [0.2, 0.25) is 5.82 Å². The van der Waals surface area contributed by atoms with Crippen LogP contribution in [0.25, 0.3) is 10.8 Å². The molecule has 3 aromatic carbocycles. The molecule has 0 heterocycles. The van der Waals surface area contributed by atoms with E-state index in [0.29, 0.717) is 12.0 Å². The molecule has 0 radical (unpaired) electrons. The molecule has 3 aromatic rings. The number of benzene rings is 3. The Labute approximate surface area is 168 Å². The average molecular weight is 419 g/mol. The summed E-state index contributed by atoms with van der Waals surface area (Å²) in [4.78, 5) is 16.5. The van der Waals surface area contributed by atoms with Gasteiger partial charge in [0.1, 0.15) is 5.56 Å². The summed E-state index contributed by atoms with van der Waals surface area (Å²) in [6.07, 6.45) is 2.12. The second kappa shape index (κ2) is 8.44. The number of hydrogen-bond donors (Lipinski definition) is 0. The summed E-state index contributed by atoms with van der Waals surface area (Å²) in [5.41, 5.74) is -0.168. The van der Waals surface area contributed by atoms with Gasteiger partial charge >= 0.3 is 5.97 Å². The minimum atomic E-state index is -2.37. The van der Waals surface area contributed by atoms with Crippen LogP contribution in [0.2, 0.25) is 0 Å². The van der Waals surface area contributed by atoms with E-state index in [1.807, 2.05) is 30.3 Å². The predicted molar refractivity (Wildman–Crippen MR) is 102 cm³/mol. The molecule has 3 nitrogen and oxygen atoms in total. The SMILES string of the molecule is C=CCc1c(/C(C)=N/OC(=O)c2c(F)c(F)c(F)c(F)c2F)ccc2ccccc12. The third-order valence-electron chi connectivity index (χ3n) is 4.46. The number of rotatable bonds is 5. The highest BCUT2D eigenvalue weighted by atomic mass is 19.2. The molecule has 0 aromatic heterocycles. The molecule has 0 aliphatic rings. The van der Waals surface area contributed by atoms with E-state index in [1.54, 1.807) is 12.1 Å². The lowest BCUT2D eigenvalue weighted by atomic mass is 9.94. The van der Waals surface area contributed by atoms with Crippen molar-refractivity contribution in [2.45, 2.75) is 13.3 Å². The normalized spacial score (nSPS) is 11.6. The molecule has 0 amide bonds. The van der Waals surface area contributed by atoms with Crippen molar-refractivity contribution in [3.05, 3.63) is 94.8 Å². The summed E-state index contributed by atoms with van der Waals surface area (Å²) in [6.45, 7) is 5.18. The van der Waals surface area contributed by atoms with Crippen molar-refractivity contribution in [3.63, 3.8) is 0 Å². The highest BCUT2D eigenvalue weighted by Crippen LogP contribution is 2.26. The minimum absolute atomic E-state index is 0.162. The first-order valence-electron chi connectivity index (χ1n) is 8.67. The lowest BCUT2D eigenvalue weighted by molar-refractivity contribution is 0.0501. The van der Waals surface area contributed by atoms with Gasteiger partial charge in [-0.1, -0.05) is 47.6 Å². The topological polar surface area (TPSA) is 38.7 Å². The van der Waals surface area contributed by atoms with Crippen LogP contribution in [-0.2, 0) is 11.3 Å². The molecule has 0 spiro atoms. The molecule has 0 bridgehead atoms. The smallest absolute Gasteiger partial charge is 0.312 e. The van der Waals surface area contributed by atoms with Crippen LogP contribution in [0.4, 0.5) is 22.0 Å². The monoisotopic (exact) mass is 419 g/mol. The summed E-state index contributed by atoms with van der Waals surface area (Å²) in [6, 6.07) is 11.0. The Balaban J connectivity index is 1.99. The quantitative estimate of drug-likeness (QED) is 0.0991. The van der Waals surface area contributed by atoms with Crippen LogP contribution in [0, 0.1) is 29.1 Å². The molecular formula is C22H14F5NO2. The highest BCUT2D eigenvalue weighted by Gasteiger charge is 2.31. The van der Waals surface area contributed by atoms with E-state index >= 15 is 0 Å². The van der Waals surface area contributed by atoms with Gasteiger partial charge in [0.25, 0.3) is 0 Å². The van der Waals surface area contributed by atoms with Crippen LogP contribution >= 0.6 is 0 Å². The number of fused-ring (bicyclic) bond motifs is 1. The lowest BCUT2D eigenvalue weighted by Crippen LogP contribution is -2.14. The third kappa shape index (κ3) is 3.68. The molecule has 0 saturated carbocycles. The zero-order chi connectivity index (χ0) is 22.0. The van der Waals surface area contributed by atoms with Crippen molar-refractivity contribution in [3.8, 4) is 0 Å². The van der Waals surface area contributed by atoms with Gasteiger partial charge in [-0.25, -0.2) is 26.7 Å². The van der Waals surface area contributed by atoms with E-state index in [2.05, 4.69) is 16.6 Å². The number of halogens is 5. The van der Waals surface area contributed by atoms with Crippen LogP contribution < -0.4 is 0 Å². The van der Waals surface area contributed by atoms with Crippen LogP contribution in [0.1, 0.15) is 28.4 Å². The molecule has 0 N–H and O–H groups in total. The van der Waals surface area contributed by atoms with Crippen LogP contribution in [-0.4, -0.2) is 11.7 Å². The summed E-state index contributed by atoms with van der Waals surface area (Å²) in [7, 11) is 0. The lowest BCUT2D eigenvalue weighted by Gasteiger charge is -2.11. The zero-order valence-corrected chi connectivity index (χ0v) is 15.6. The van der Waals surface area contributed by atoms with Crippen molar-refractivity contribution in [1.29, 1.82) is 0 Å². The maximum Gasteiger partial charge on any atom is 0.371 e. The van der Waals surface area contributed by atoms with Crippen LogP contribution in [0.5, 0.6) is 0 Å². The third-order valence-corrected chi connectivity index (χ3v) is 4.46. The standard InChI is InChI=1S/C22H14F5NO2/c1-3-6-15-13(10-9-12-7-4-5-8-14(12)15)11(2)28-30-22(29)16-17(23)19(25)21(27)20(26)18(16)24/h3-5,7-10H,1,6H2,2H3/b28-11+. The predicted octanol–water partition coefficient (Wildman–Crippen LogP) is 5.84. The van der Waals surface area contributed by atoms with Crippen molar-refractivity contribution in [2.75, 3.05) is 0 Å². The van der Waals surface area contributed by atoms with E-state index < -0.39 is 40.6 Å². The number of hydrogen-bond acceptors (Lipinski definition) is 3. The number of allylic oxidation sites excluding steroid dienone is 1. The Bertz CT molecular complexity index is 1170. The van der Waals surface area contributed by atoms with Crippen molar-refractivity contribution in [1.82, 2.24) is 0 Å². The molecule has 8 heteroatoms. The van der Waals surface area contributed by atoms with E-state index in [0.717, 1.165) is 16.3 Å². The molecular weight excluding hydrogens is 405 g/mol. The van der Waals surface area contributed by atoms with Gasteiger partial charge in [-0.2, -0.15) is 0 Å². The Kier molecular flexibility index (Phi) is 5.96. The van der Waals surface area contributed by atoms with Crippen molar-refractivity contribution >= 4 is 22.5 Å². The molecule has 0 atom stereocenters. The summed E-state index contributed by atoms with van der Waals surface area (Å²) in [5, 5.41) is 5.39. The Morgan fingerprint density at radius 2 is 1.57 bits per heavy atom. The Hall–Kier alpha value is -3.55. The first-order valence-corrected chi connectivity index (χ1v) is 8.67. The number of carbonyl (C=O) groups is 1. The van der Waals surface area contributed by atoms with E-state index in [4.69, 9.17) is 0 Å². The van der Waals surface area contributed by atoms with E-state index in [-0.39, 0.29) is 5.71 Å². The van der Waals surface area contributed by atoms with Gasteiger partial charge in [-0.05, 0) is 29.7 Å². The Morgan fingerprint density at radius 3 is 2.20 bits per heavy atom. The molecule has 0 aliphatic carbocycles. The van der Waals surface area contributed by atoms with Gasteiger partial charge in [0.15, 0.2) is 23.3 Å². The minimum Gasteiger partial charge on any atom is -0.312 e. The number of carbonyl (C=O) groups excluding carboxylic acids is 1. The first kappa shape index (κ1) is 21.2. The number of oxime groups is 1. The molecule has 0 aliphatic heterocycles. The maximum atomic E-state index is 13.8. The van der Waals surface area contributed by atoms with Crippen LogP contribution in [0.3, 0.4) is 0 Å². The zero-order valence-electron chi connectivity index (χ0n) is 15.6. The van der Waals surface area contributed by atoms with Crippen molar-refractivity contribution in [2.24, 2.45) is 5.16 Å². The average Bonchev–Trinajstić information content (AvgIpc) is 2.75. The molecule has 0 unspecified atom stereocenters. The number of nitrogens with zero attached hydrogens (tertiary/aromatic N) is 1. The maximum absolute atomic E-state index is 13.8. The first-order chi connectivity index (χ1) is 14.3. The molecule has 30 heavy (non-hydrogen) atoms.